The fourth-order valence-electron chi connectivity index (χ4n) is 2.11. The van der Waals surface area contributed by atoms with Gasteiger partial charge in [-0.2, -0.15) is 0 Å². The number of hydrogen-bond acceptors (Lipinski definition) is 6. The Morgan fingerprint density at radius 2 is 1.91 bits per heavy atom. The molecule has 3 aromatic heterocycles. The zero-order chi connectivity index (χ0) is 14.9. The molecule has 0 N–H and O–H groups in total. The van der Waals surface area contributed by atoms with Gasteiger partial charge in [-0.1, -0.05) is 18.2 Å². The molecule has 0 aliphatic heterocycles. The van der Waals surface area contributed by atoms with Crippen molar-refractivity contribution in [2.45, 2.75) is 10.2 Å². The number of hydrogen-bond donors (Lipinski definition) is 0. The van der Waals surface area contributed by atoms with Crippen molar-refractivity contribution in [2.75, 3.05) is 0 Å². The van der Waals surface area contributed by atoms with E-state index in [0.717, 1.165) is 31.9 Å². The molecule has 0 bridgehead atoms. The van der Waals surface area contributed by atoms with Crippen molar-refractivity contribution in [1.29, 1.82) is 0 Å². The van der Waals surface area contributed by atoms with Gasteiger partial charge in [0, 0.05) is 7.05 Å². The van der Waals surface area contributed by atoms with Crippen LogP contribution in [0.2, 0.25) is 0 Å². The van der Waals surface area contributed by atoms with Gasteiger partial charge < -0.3 is 4.57 Å². The predicted molar refractivity (Wildman–Crippen MR) is 88.0 cm³/mol. The van der Waals surface area contributed by atoms with Crippen molar-refractivity contribution in [3.63, 3.8) is 0 Å². The molecule has 3 heterocycles. The third-order valence-electron chi connectivity index (χ3n) is 3.20. The third kappa shape index (κ3) is 2.38. The Labute approximate surface area is 135 Å². The normalized spacial score (nSPS) is 11.1. The second-order valence-corrected chi connectivity index (χ2v) is 6.58. The summed E-state index contributed by atoms with van der Waals surface area (Å²) in [4.78, 5) is 10.1. The summed E-state index contributed by atoms with van der Waals surface area (Å²) in [5.41, 5.74) is 1.78. The molecule has 4 rings (SSSR count). The average molecular weight is 325 g/mol. The maximum absolute atomic E-state index is 4.61. The van der Waals surface area contributed by atoms with Gasteiger partial charge in [0.2, 0.25) is 0 Å². The van der Waals surface area contributed by atoms with Crippen molar-refractivity contribution in [2.24, 2.45) is 7.05 Å². The molecule has 0 spiro atoms. The van der Waals surface area contributed by atoms with E-state index >= 15 is 0 Å². The van der Waals surface area contributed by atoms with Crippen molar-refractivity contribution in [1.82, 2.24) is 24.7 Å². The van der Waals surface area contributed by atoms with Gasteiger partial charge in [-0.15, -0.1) is 21.5 Å². The molecular formula is C15H11N5S2. The van der Waals surface area contributed by atoms with Crippen LogP contribution < -0.4 is 0 Å². The fraction of sp³-hybridized carbons (Fsp3) is 0.0667. The van der Waals surface area contributed by atoms with Crippen LogP contribution in [0.5, 0.6) is 0 Å². The average Bonchev–Trinajstić information content (AvgIpc) is 3.18. The molecule has 5 nitrogen and oxygen atoms in total. The summed E-state index contributed by atoms with van der Waals surface area (Å²) in [5, 5.41) is 12.2. The highest BCUT2D eigenvalue weighted by Crippen LogP contribution is 2.29. The number of aromatic nitrogens is 5. The highest BCUT2D eigenvalue weighted by molar-refractivity contribution is 7.99. The highest BCUT2D eigenvalue weighted by Gasteiger charge is 2.13. The molecule has 0 unspecified atom stereocenters. The van der Waals surface area contributed by atoms with Crippen LogP contribution >= 0.6 is 23.1 Å². The number of para-hydroxylation sites is 2. The first-order valence-electron chi connectivity index (χ1n) is 6.64. The summed E-state index contributed by atoms with van der Waals surface area (Å²) in [6, 6.07) is 11.9. The standard InChI is InChI=1S/C15H11N5S2/c1-20-14(12-7-4-8-21-12)18-19-15(20)22-13-9-16-10-5-2-3-6-11(10)17-13/h2-9H,1H3. The van der Waals surface area contributed by atoms with Gasteiger partial charge in [-0.25, -0.2) is 4.98 Å². The molecule has 4 aromatic rings. The Bertz CT molecular complexity index is 930. The van der Waals surface area contributed by atoms with Crippen LogP contribution in [-0.4, -0.2) is 24.7 Å². The molecule has 1 aromatic carbocycles. The van der Waals surface area contributed by atoms with Gasteiger partial charge in [0.1, 0.15) is 5.03 Å². The van der Waals surface area contributed by atoms with E-state index in [0.29, 0.717) is 0 Å². The molecular weight excluding hydrogens is 314 g/mol. The molecule has 0 aliphatic carbocycles. The van der Waals surface area contributed by atoms with Gasteiger partial charge in [-0.05, 0) is 35.3 Å². The van der Waals surface area contributed by atoms with Crippen molar-refractivity contribution in [3.05, 3.63) is 48.0 Å². The van der Waals surface area contributed by atoms with Crippen LogP contribution in [0.4, 0.5) is 0 Å². The fourth-order valence-corrected chi connectivity index (χ4v) is 3.59. The molecule has 0 amide bonds. The monoisotopic (exact) mass is 325 g/mol. The topological polar surface area (TPSA) is 56.5 Å². The molecule has 0 atom stereocenters. The second-order valence-electron chi connectivity index (χ2n) is 4.64. The SMILES string of the molecule is Cn1c(Sc2cnc3ccccc3n2)nnc1-c1cccs1. The Morgan fingerprint density at radius 3 is 2.73 bits per heavy atom. The summed E-state index contributed by atoms with van der Waals surface area (Å²) in [6.07, 6.45) is 1.77. The first-order chi connectivity index (χ1) is 10.8. The Morgan fingerprint density at radius 1 is 1.05 bits per heavy atom. The van der Waals surface area contributed by atoms with Crippen LogP contribution in [0, 0.1) is 0 Å². The van der Waals surface area contributed by atoms with Gasteiger partial charge in [0.15, 0.2) is 11.0 Å². The molecule has 0 saturated heterocycles. The highest BCUT2D eigenvalue weighted by atomic mass is 32.2. The number of thiophene rings is 1. The van der Waals surface area contributed by atoms with Crippen LogP contribution in [0.25, 0.3) is 21.7 Å². The molecule has 108 valence electrons. The summed E-state index contributed by atoms with van der Waals surface area (Å²) in [5.74, 6) is 0.867. The molecule has 7 heteroatoms. The number of benzene rings is 1. The molecule has 22 heavy (non-hydrogen) atoms. The number of nitrogens with zero attached hydrogens (tertiary/aromatic N) is 5. The quantitative estimate of drug-likeness (QED) is 0.575. The van der Waals surface area contributed by atoms with Crippen molar-refractivity contribution < 1.29 is 0 Å². The summed E-state index contributed by atoms with van der Waals surface area (Å²) in [6.45, 7) is 0. The Kier molecular flexibility index (Phi) is 3.36. The lowest BCUT2D eigenvalue weighted by molar-refractivity contribution is 0.793. The lowest BCUT2D eigenvalue weighted by Crippen LogP contribution is -1.94. The Balaban J connectivity index is 1.68. The lowest BCUT2D eigenvalue weighted by atomic mass is 10.3. The largest absolute Gasteiger partial charge is 0.304 e. The van der Waals surface area contributed by atoms with Crippen LogP contribution in [0.15, 0.2) is 58.2 Å². The van der Waals surface area contributed by atoms with Gasteiger partial charge in [0.05, 0.1) is 22.1 Å². The predicted octanol–water partition coefficient (Wildman–Crippen LogP) is 3.64. The first-order valence-corrected chi connectivity index (χ1v) is 8.34. The van der Waals surface area contributed by atoms with E-state index in [1.807, 2.05) is 53.4 Å². The summed E-state index contributed by atoms with van der Waals surface area (Å²) >= 11 is 3.12. The molecule has 0 saturated carbocycles. The van der Waals surface area contributed by atoms with E-state index in [1.165, 1.54) is 11.8 Å². The number of rotatable bonds is 3. The maximum atomic E-state index is 4.61. The van der Waals surface area contributed by atoms with Crippen molar-refractivity contribution >= 4 is 34.1 Å². The maximum Gasteiger partial charge on any atom is 0.197 e. The summed E-state index contributed by atoms with van der Waals surface area (Å²) in [7, 11) is 1.96. The van der Waals surface area contributed by atoms with E-state index in [-0.39, 0.29) is 0 Å². The first kappa shape index (κ1) is 13.4. The van der Waals surface area contributed by atoms with E-state index < -0.39 is 0 Å². The second kappa shape index (κ2) is 5.51. The van der Waals surface area contributed by atoms with Gasteiger partial charge >= 0.3 is 0 Å². The zero-order valence-corrected chi connectivity index (χ0v) is 13.3. The van der Waals surface area contributed by atoms with Crippen molar-refractivity contribution in [3.8, 4) is 10.7 Å². The zero-order valence-electron chi connectivity index (χ0n) is 11.7. The minimum atomic E-state index is 0.799. The van der Waals surface area contributed by atoms with E-state index in [2.05, 4.69) is 20.2 Å². The van der Waals surface area contributed by atoms with E-state index in [4.69, 9.17) is 0 Å². The van der Waals surface area contributed by atoms with E-state index in [9.17, 15) is 0 Å². The smallest absolute Gasteiger partial charge is 0.197 e. The van der Waals surface area contributed by atoms with Gasteiger partial charge in [-0.3, -0.25) is 4.98 Å². The minimum Gasteiger partial charge on any atom is -0.304 e. The molecule has 0 radical (unpaired) electrons. The van der Waals surface area contributed by atoms with Crippen LogP contribution in [-0.2, 0) is 7.05 Å². The summed E-state index contributed by atoms with van der Waals surface area (Å²) < 4.78 is 1.98. The molecule has 0 fully saturated rings. The lowest BCUT2D eigenvalue weighted by Gasteiger charge is -2.03. The van der Waals surface area contributed by atoms with Crippen LogP contribution in [0.3, 0.4) is 0 Å². The van der Waals surface area contributed by atoms with E-state index in [1.54, 1.807) is 17.5 Å². The minimum absolute atomic E-state index is 0.799. The van der Waals surface area contributed by atoms with Crippen LogP contribution in [0.1, 0.15) is 0 Å². The third-order valence-corrected chi connectivity index (χ3v) is 5.01. The van der Waals surface area contributed by atoms with Gasteiger partial charge in [0.25, 0.3) is 0 Å². The molecule has 0 aliphatic rings. The Hall–Kier alpha value is -2.25. The number of fused-ring (bicyclic) bond motifs is 1.